The van der Waals surface area contributed by atoms with Crippen molar-refractivity contribution in [1.82, 2.24) is 4.57 Å². The smallest absolute Gasteiger partial charge is 0.249 e. The third-order valence-electron chi connectivity index (χ3n) is 4.99. The van der Waals surface area contributed by atoms with Crippen LogP contribution in [0, 0.1) is 6.07 Å². The Morgan fingerprint density at radius 3 is 2.45 bits per heavy atom. The molecule has 4 rings (SSSR count). The molecule has 3 aromatic carbocycles. The molecule has 0 saturated carbocycles. The van der Waals surface area contributed by atoms with E-state index in [0.29, 0.717) is 23.1 Å². The van der Waals surface area contributed by atoms with Crippen molar-refractivity contribution < 1.29 is 18.3 Å². The van der Waals surface area contributed by atoms with Gasteiger partial charge in [0.25, 0.3) is 0 Å². The molecule has 0 spiro atoms. The predicted molar refractivity (Wildman–Crippen MR) is 111 cm³/mol. The number of hydrogen-bond acceptors (Lipinski definition) is 4. The van der Waals surface area contributed by atoms with Crippen LogP contribution in [0.1, 0.15) is 21.5 Å². The highest BCUT2D eigenvalue weighted by Gasteiger charge is 2.17. The Labute approximate surface area is 168 Å². The molecule has 1 radical (unpaired) electrons. The van der Waals surface area contributed by atoms with E-state index in [1.54, 1.807) is 42.5 Å². The minimum absolute atomic E-state index is 0.125. The molecule has 3 N–H and O–H groups in total. The van der Waals surface area contributed by atoms with Crippen LogP contribution >= 0.6 is 0 Å². The van der Waals surface area contributed by atoms with Gasteiger partial charge in [-0.25, -0.2) is 8.42 Å². The summed E-state index contributed by atoms with van der Waals surface area (Å²) >= 11 is 0. The zero-order chi connectivity index (χ0) is 20.8. The number of benzene rings is 3. The first-order chi connectivity index (χ1) is 13.8. The summed E-state index contributed by atoms with van der Waals surface area (Å²) in [6, 6.07) is 18.8. The summed E-state index contributed by atoms with van der Waals surface area (Å²) in [4.78, 5) is 12.2. The van der Waals surface area contributed by atoms with E-state index in [1.807, 2.05) is 16.7 Å². The van der Waals surface area contributed by atoms with Gasteiger partial charge in [-0.3, -0.25) is 4.79 Å². The minimum Gasteiger partial charge on any atom is -0.392 e. The Hall–Kier alpha value is -3.16. The first-order valence-corrected chi connectivity index (χ1v) is 10.8. The molecule has 0 bridgehead atoms. The van der Waals surface area contributed by atoms with Crippen LogP contribution in [0.4, 0.5) is 0 Å². The van der Waals surface area contributed by atoms with Crippen molar-refractivity contribution in [2.24, 2.45) is 5.73 Å². The van der Waals surface area contributed by atoms with Crippen molar-refractivity contribution >= 4 is 37.6 Å². The van der Waals surface area contributed by atoms with Crippen LogP contribution in [0.3, 0.4) is 0 Å². The zero-order valence-corrected chi connectivity index (χ0v) is 16.5. The molecule has 4 aromatic rings. The van der Waals surface area contributed by atoms with Crippen LogP contribution in [0.25, 0.3) is 21.8 Å². The fourth-order valence-corrected chi connectivity index (χ4v) is 4.22. The number of carbonyl (C=O) groups excluding carboxylic acids is 1. The highest BCUT2D eigenvalue weighted by molar-refractivity contribution is 7.90. The Morgan fingerprint density at radius 1 is 1.10 bits per heavy atom. The number of fused-ring (bicyclic) bond motifs is 3. The molecule has 0 aliphatic heterocycles. The van der Waals surface area contributed by atoms with Crippen LogP contribution < -0.4 is 5.73 Å². The topological polar surface area (TPSA) is 102 Å². The van der Waals surface area contributed by atoms with Crippen molar-refractivity contribution in [2.75, 3.05) is 6.26 Å². The molecule has 1 aromatic heterocycles. The number of carbonyl (C=O) groups is 1. The van der Waals surface area contributed by atoms with Gasteiger partial charge in [0.05, 0.1) is 22.5 Å². The fourth-order valence-electron chi connectivity index (χ4n) is 3.59. The number of amides is 1. The normalized spacial score (nSPS) is 11.9. The van der Waals surface area contributed by atoms with Crippen molar-refractivity contribution in [1.29, 1.82) is 0 Å². The van der Waals surface area contributed by atoms with Crippen molar-refractivity contribution in [3.05, 3.63) is 77.4 Å². The second kappa shape index (κ2) is 7.02. The highest BCUT2D eigenvalue weighted by atomic mass is 32.2. The van der Waals surface area contributed by atoms with Crippen molar-refractivity contribution in [3.63, 3.8) is 0 Å². The van der Waals surface area contributed by atoms with Gasteiger partial charge in [0, 0.05) is 29.1 Å². The molecule has 1 heterocycles. The standard InChI is InChI=1S/C22H19N2O4S/c1-29(27,28)16-8-5-14(6-9-16)12-24-19-4-2-3-18(22(23)26)21(19)17-10-7-15(13-25)11-20(17)24/h2-9,11,25H,12-13H2,1H3,(H2,23,26). The Bertz CT molecular complexity index is 1350. The second-order valence-corrected chi connectivity index (χ2v) is 9.01. The van der Waals surface area contributed by atoms with Crippen LogP contribution in [-0.2, 0) is 23.0 Å². The number of rotatable bonds is 5. The highest BCUT2D eigenvalue weighted by Crippen LogP contribution is 2.32. The van der Waals surface area contributed by atoms with E-state index in [4.69, 9.17) is 5.73 Å². The molecule has 147 valence electrons. The molecule has 0 saturated heterocycles. The molecule has 0 aliphatic carbocycles. The lowest BCUT2D eigenvalue weighted by atomic mass is 10.0. The maximum Gasteiger partial charge on any atom is 0.249 e. The quantitative estimate of drug-likeness (QED) is 0.531. The van der Waals surface area contributed by atoms with Crippen LogP contribution in [0.5, 0.6) is 0 Å². The van der Waals surface area contributed by atoms with Crippen LogP contribution in [-0.4, -0.2) is 30.3 Å². The third kappa shape index (κ3) is 3.39. The number of primary amides is 1. The maximum absolute atomic E-state index is 12.0. The summed E-state index contributed by atoms with van der Waals surface area (Å²) in [6.45, 7) is 0.328. The van der Waals surface area contributed by atoms with Gasteiger partial charge in [0.1, 0.15) is 0 Å². The minimum atomic E-state index is -3.27. The zero-order valence-electron chi connectivity index (χ0n) is 15.7. The van der Waals surface area contributed by atoms with E-state index in [9.17, 15) is 18.3 Å². The number of sulfone groups is 1. The number of aliphatic hydroxyl groups excluding tert-OH is 1. The second-order valence-electron chi connectivity index (χ2n) is 6.99. The van der Waals surface area contributed by atoms with Crippen molar-refractivity contribution in [3.8, 4) is 0 Å². The average molecular weight is 407 g/mol. The van der Waals surface area contributed by atoms with E-state index in [1.165, 1.54) is 6.26 Å². The summed E-state index contributed by atoms with van der Waals surface area (Å²) in [5.74, 6) is -0.521. The third-order valence-corrected chi connectivity index (χ3v) is 6.12. The maximum atomic E-state index is 12.0. The van der Waals surface area contributed by atoms with Gasteiger partial charge < -0.3 is 15.4 Å². The number of hydrogen-bond donors (Lipinski definition) is 2. The lowest BCUT2D eigenvalue weighted by Crippen LogP contribution is -2.11. The van der Waals surface area contributed by atoms with Gasteiger partial charge in [-0.2, -0.15) is 0 Å². The lowest BCUT2D eigenvalue weighted by molar-refractivity contribution is 0.100. The molecule has 0 aliphatic rings. The predicted octanol–water partition coefficient (Wildman–Crippen LogP) is 2.64. The van der Waals surface area contributed by atoms with Crippen LogP contribution in [0.2, 0.25) is 0 Å². The Morgan fingerprint density at radius 2 is 1.83 bits per heavy atom. The van der Waals surface area contributed by atoms with Crippen molar-refractivity contribution in [2.45, 2.75) is 18.0 Å². The fraction of sp³-hybridized carbons (Fsp3) is 0.136. The number of aliphatic hydroxyl groups is 1. The molecule has 0 atom stereocenters. The molecule has 0 unspecified atom stereocenters. The summed E-state index contributed by atoms with van der Waals surface area (Å²) in [5, 5.41) is 11.0. The first kappa shape index (κ1) is 19.2. The summed E-state index contributed by atoms with van der Waals surface area (Å²) < 4.78 is 25.4. The largest absolute Gasteiger partial charge is 0.392 e. The van der Waals surface area contributed by atoms with Gasteiger partial charge >= 0.3 is 0 Å². The van der Waals surface area contributed by atoms with Gasteiger partial charge in [-0.05, 0) is 53.6 Å². The van der Waals surface area contributed by atoms with Gasteiger partial charge in [-0.15, -0.1) is 0 Å². The molecule has 6 nitrogen and oxygen atoms in total. The first-order valence-electron chi connectivity index (χ1n) is 8.95. The monoisotopic (exact) mass is 407 g/mol. The summed E-state index contributed by atoms with van der Waals surface area (Å²) in [5.41, 5.74) is 9.22. The van der Waals surface area contributed by atoms with Gasteiger partial charge in [0.15, 0.2) is 9.84 Å². The summed E-state index contributed by atoms with van der Waals surface area (Å²) in [6.07, 6.45) is 1.17. The Balaban J connectivity index is 1.94. The lowest BCUT2D eigenvalue weighted by Gasteiger charge is -2.09. The van der Waals surface area contributed by atoms with E-state index >= 15 is 0 Å². The molecule has 7 heteroatoms. The molecular formula is C22H19N2O4S. The van der Waals surface area contributed by atoms with E-state index in [-0.39, 0.29) is 11.5 Å². The molecule has 29 heavy (non-hydrogen) atoms. The molecule has 0 fully saturated rings. The summed E-state index contributed by atoms with van der Waals surface area (Å²) in [7, 11) is -3.27. The SMILES string of the molecule is CS(=O)(=O)c1ccc(Cn2c3cc(CO)c[c]c3c3c(C(N)=O)cccc32)cc1. The number of aromatic nitrogens is 1. The van der Waals surface area contributed by atoms with E-state index < -0.39 is 15.7 Å². The van der Waals surface area contributed by atoms with E-state index in [2.05, 4.69) is 6.07 Å². The van der Waals surface area contributed by atoms with Gasteiger partial charge in [-0.1, -0.05) is 18.2 Å². The van der Waals surface area contributed by atoms with Gasteiger partial charge in [0.2, 0.25) is 5.91 Å². The average Bonchev–Trinajstić information content (AvgIpc) is 3.00. The number of nitrogens with two attached hydrogens (primary N) is 1. The number of nitrogens with zero attached hydrogens (tertiary/aromatic N) is 1. The van der Waals surface area contributed by atoms with Crippen LogP contribution in [0.15, 0.2) is 59.5 Å². The molecular weight excluding hydrogens is 388 g/mol. The van der Waals surface area contributed by atoms with E-state index in [0.717, 1.165) is 22.0 Å². The Kier molecular flexibility index (Phi) is 4.64. The molecule has 1 amide bonds.